The molecule has 0 bridgehead atoms. The second-order valence-electron chi connectivity index (χ2n) is 14.1. The normalized spacial score (nSPS) is 13.6. The zero-order chi connectivity index (χ0) is 48.5. The summed E-state index contributed by atoms with van der Waals surface area (Å²) in [6.07, 6.45) is -11.2. The van der Waals surface area contributed by atoms with E-state index in [4.69, 9.17) is 9.47 Å². The number of anilines is 4. The molecule has 0 aromatic heterocycles. The number of nitrogens with one attached hydrogen (secondary N) is 3. The van der Waals surface area contributed by atoms with Crippen molar-refractivity contribution < 1.29 is 75.1 Å². The van der Waals surface area contributed by atoms with Crippen molar-refractivity contribution in [3.8, 4) is 11.5 Å². The number of nitro groups is 2. The van der Waals surface area contributed by atoms with Crippen LogP contribution in [0.5, 0.6) is 11.5 Å². The number of rotatable bonds is 14. The zero-order valence-electron chi connectivity index (χ0n) is 34.5. The number of alkyl halides is 6. The molecule has 4 aromatic carbocycles. The molecule has 0 radical (unpaired) electrons. The molecule has 4 amide bonds. The van der Waals surface area contributed by atoms with Crippen LogP contribution in [-0.2, 0) is 31.5 Å². The molecule has 4 rings (SSSR count). The van der Waals surface area contributed by atoms with Gasteiger partial charge in [-0.15, -0.1) is 0 Å². The number of nitro benzene ring substituents is 2. The first-order valence-electron chi connectivity index (χ1n) is 18.2. The number of carbonyl (C=O) groups is 4. The number of nitrogens with zero attached hydrogens (tertiary/aromatic N) is 3. The summed E-state index contributed by atoms with van der Waals surface area (Å²) >= 11 is 0. The Morgan fingerprint density at radius 1 is 0.688 bits per heavy atom. The Morgan fingerprint density at radius 2 is 1.11 bits per heavy atom. The van der Waals surface area contributed by atoms with E-state index in [0.717, 1.165) is 37.9 Å². The van der Waals surface area contributed by atoms with Crippen molar-refractivity contribution in [3.05, 3.63) is 116 Å². The molecule has 344 valence electrons. The summed E-state index contributed by atoms with van der Waals surface area (Å²) in [7, 11) is 1.13. The highest BCUT2D eigenvalue weighted by Crippen LogP contribution is 2.39. The summed E-state index contributed by atoms with van der Waals surface area (Å²) in [5.74, 6) is -2.09. The lowest BCUT2D eigenvalue weighted by molar-refractivity contribution is -0.388. The Balaban J connectivity index is 0.000000340. The smallest absolute Gasteiger partial charge is 0.423 e. The van der Waals surface area contributed by atoms with Gasteiger partial charge in [0.25, 0.3) is 23.2 Å². The van der Waals surface area contributed by atoms with Crippen LogP contribution in [0.1, 0.15) is 45.7 Å². The van der Waals surface area contributed by atoms with Gasteiger partial charge in [0.1, 0.15) is 35.3 Å². The minimum Gasteiger partial charge on any atom is -0.490 e. The average Bonchev–Trinajstić information content (AvgIpc) is 3.19. The van der Waals surface area contributed by atoms with E-state index in [1.165, 1.54) is 69.3 Å². The standard InChI is InChI=1S/2C20H20F3N3O6/c1-12(27)24-13-4-7-15(8-5-13)32-11-19(2,29)18(28)25(3)14-6-9-17(26(30)31)16(10-14)20(21,22)23;1-11(32-15-7-4-13(5-8-15)24-12(2)27)19(3,29)18(28)25-14-6-9-17(26(30)31)16(10-14)20(21,22)23/h4-10,29H,11H2,1-3H3,(H,24,27);4-11,29H,1-3H3,(H,24,27)(H,25,28)/t19-;11?,19-/m00/s1. The number of hydrogen-bond acceptors (Lipinski definition) is 12. The summed E-state index contributed by atoms with van der Waals surface area (Å²) in [6.45, 7) is 5.74. The molecule has 4 aromatic rings. The van der Waals surface area contributed by atoms with Crippen LogP contribution in [0.15, 0.2) is 84.9 Å². The van der Waals surface area contributed by atoms with Gasteiger partial charge in [-0.3, -0.25) is 39.4 Å². The molecule has 0 saturated carbocycles. The first kappa shape index (κ1) is 51.0. The number of hydrogen-bond donors (Lipinski definition) is 5. The molecule has 0 aliphatic heterocycles. The Hall–Kier alpha value is -7.34. The second-order valence-corrected chi connectivity index (χ2v) is 14.1. The first-order valence-corrected chi connectivity index (χ1v) is 18.2. The third-order valence-electron chi connectivity index (χ3n) is 8.82. The maximum Gasteiger partial charge on any atom is 0.423 e. The third kappa shape index (κ3) is 13.8. The van der Waals surface area contributed by atoms with E-state index in [-0.39, 0.29) is 34.7 Å². The van der Waals surface area contributed by atoms with Crippen LogP contribution in [0, 0.1) is 20.2 Å². The maximum atomic E-state index is 13.2. The van der Waals surface area contributed by atoms with Gasteiger partial charge in [-0.1, -0.05) is 0 Å². The minimum absolute atomic E-state index is 0.259. The Morgan fingerprint density at radius 3 is 1.55 bits per heavy atom. The van der Waals surface area contributed by atoms with E-state index in [9.17, 15) is 76.0 Å². The summed E-state index contributed by atoms with van der Waals surface area (Å²) in [6, 6.07) is 16.1. The molecule has 0 fully saturated rings. The van der Waals surface area contributed by atoms with Crippen molar-refractivity contribution >= 4 is 57.8 Å². The number of likely N-dealkylation sites (N-methyl/N-ethyl adjacent to an activating group) is 1. The van der Waals surface area contributed by atoms with Crippen LogP contribution in [0.3, 0.4) is 0 Å². The molecule has 0 heterocycles. The fourth-order valence-corrected chi connectivity index (χ4v) is 5.30. The monoisotopic (exact) mass is 910 g/mol. The highest BCUT2D eigenvalue weighted by molar-refractivity contribution is 5.99. The molecular weight excluding hydrogens is 870 g/mol. The van der Waals surface area contributed by atoms with Gasteiger partial charge < -0.3 is 40.5 Å². The molecule has 24 heteroatoms. The van der Waals surface area contributed by atoms with Gasteiger partial charge in [-0.25, -0.2) is 0 Å². The van der Waals surface area contributed by atoms with Gasteiger partial charge >= 0.3 is 12.4 Å². The average molecular weight is 911 g/mol. The SMILES string of the molecule is CC(=O)Nc1ccc(OC(C)[C@](C)(O)C(=O)Nc2ccc([N+](=O)[O-])c(C(F)(F)F)c2)cc1.CC(=O)Nc1ccc(OC[C@](C)(O)C(=O)N(C)c2ccc([N+](=O)[O-])c(C(F)(F)F)c2)cc1. The fraction of sp³-hybridized carbons (Fsp3) is 0.300. The number of amides is 4. The van der Waals surface area contributed by atoms with Crippen molar-refractivity contribution in [2.75, 3.05) is 34.5 Å². The predicted molar refractivity (Wildman–Crippen MR) is 217 cm³/mol. The lowest BCUT2D eigenvalue weighted by atomic mass is 9.99. The highest BCUT2D eigenvalue weighted by atomic mass is 19.4. The van der Waals surface area contributed by atoms with Gasteiger partial charge in [-0.2, -0.15) is 26.3 Å². The fourth-order valence-electron chi connectivity index (χ4n) is 5.30. The van der Waals surface area contributed by atoms with E-state index in [2.05, 4.69) is 16.0 Å². The van der Waals surface area contributed by atoms with Gasteiger partial charge in [0, 0.05) is 55.8 Å². The molecule has 0 aliphatic rings. The van der Waals surface area contributed by atoms with Crippen molar-refractivity contribution in [1.29, 1.82) is 0 Å². The zero-order valence-corrected chi connectivity index (χ0v) is 34.5. The van der Waals surface area contributed by atoms with E-state index in [1.807, 2.05) is 0 Å². The summed E-state index contributed by atoms with van der Waals surface area (Å²) < 4.78 is 89.9. The molecule has 1 unspecified atom stereocenters. The number of halogens is 6. The molecule has 3 atom stereocenters. The predicted octanol–water partition coefficient (Wildman–Crippen LogP) is 7.09. The number of benzene rings is 4. The first-order chi connectivity index (χ1) is 29.4. The quantitative estimate of drug-likeness (QED) is 0.0483. The Kier molecular flexibility index (Phi) is 16.1. The number of ether oxygens (including phenoxy) is 2. The minimum atomic E-state index is -5.02. The van der Waals surface area contributed by atoms with Crippen molar-refractivity contribution in [2.45, 2.75) is 64.3 Å². The van der Waals surface area contributed by atoms with E-state index >= 15 is 0 Å². The van der Waals surface area contributed by atoms with Gasteiger partial charge in [-0.05, 0) is 93.6 Å². The number of aliphatic hydroxyl groups is 2. The van der Waals surface area contributed by atoms with E-state index < -0.39 is 80.4 Å². The van der Waals surface area contributed by atoms with Crippen LogP contribution in [0.4, 0.5) is 60.5 Å². The van der Waals surface area contributed by atoms with Crippen LogP contribution in [-0.4, -0.2) is 74.6 Å². The number of carbonyl (C=O) groups excluding carboxylic acids is 4. The Labute approximate surface area is 359 Å². The van der Waals surface area contributed by atoms with Crippen molar-refractivity contribution in [2.24, 2.45) is 0 Å². The van der Waals surface area contributed by atoms with Crippen LogP contribution >= 0.6 is 0 Å². The van der Waals surface area contributed by atoms with Crippen LogP contribution in [0.25, 0.3) is 0 Å². The van der Waals surface area contributed by atoms with E-state index in [1.54, 1.807) is 0 Å². The van der Waals surface area contributed by atoms with Crippen molar-refractivity contribution in [3.63, 3.8) is 0 Å². The van der Waals surface area contributed by atoms with Crippen LogP contribution < -0.4 is 30.3 Å². The third-order valence-corrected chi connectivity index (χ3v) is 8.82. The lowest BCUT2D eigenvalue weighted by Gasteiger charge is -2.29. The largest absolute Gasteiger partial charge is 0.490 e. The molecule has 18 nitrogen and oxygen atoms in total. The van der Waals surface area contributed by atoms with Gasteiger partial charge in [0.2, 0.25) is 11.8 Å². The molecule has 0 saturated heterocycles. The molecule has 0 aliphatic carbocycles. The highest BCUT2D eigenvalue weighted by Gasteiger charge is 2.42. The summed E-state index contributed by atoms with van der Waals surface area (Å²) in [5, 5.41) is 50.1. The van der Waals surface area contributed by atoms with Gasteiger partial charge in [0.05, 0.1) is 9.85 Å². The topological polar surface area (TPSA) is 253 Å². The Bertz CT molecular complexity index is 2370. The lowest BCUT2D eigenvalue weighted by Crippen LogP contribution is -2.51. The van der Waals surface area contributed by atoms with Gasteiger partial charge in [0.15, 0.2) is 11.2 Å². The van der Waals surface area contributed by atoms with E-state index in [0.29, 0.717) is 35.6 Å². The molecule has 5 N–H and O–H groups in total. The summed E-state index contributed by atoms with van der Waals surface area (Å²) in [4.78, 5) is 67.4. The second kappa shape index (κ2) is 20.2. The maximum absolute atomic E-state index is 13.2. The molecular formula is C40H40F6N6O12. The molecule has 0 spiro atoms. The van der Waals surface area contributed by atoms with Crippen LogP contribution in [0.2, 0.25) is 0 Å². The van der Waals surface area contributed by atoms with Crippen molar-refractivity contribution in [1.82, 2.24) is 0 Å². The summed E-state index contributed by atoms with van der Waals surface area (Å²) in [5.41, 5.74) is -9.37. The molecule has 64 heavy (non-hydrogen) atoms.